The van der Waals surface area contributed by atoms with Crippen LogP contribution in [0, 0.1) is 5.41 Å². The minimum atomic E-state index is -0.518. The molecule has 0 unspecified atom stereocenters. The Kier molecular flexibility index (Phi) is 5.91. The van der Waals surface area contributed by atoms with E-state index >= 15 is 0 Å². The molecule has 2 N–H and O–H groups in total. The Bertz CT molecular complexity index is 539. The highest BCUT2D eigenvalue weighted by Crippen LogP contribution is 2.10. The standard InChI is InChI=1S/C15H20N4O3/c1-2-22-15(20)13(11-18-12-4-3-5-17-10-12)14(16)19-6-8-21-9-7-19/h3-5,10-11,16,18H,2,6-9H2,1H3/b13-11+,16-14?. The number of anilines is 1. The highest BCUT2D eigenvalue weighted by atomic mass is 16.5. The lowest BCUT2D eigenvalue weighted by molar-refractivity contribution is -0.138. The predicted molar refractivity (Wildman–Crippen MR) is 82.7 cm³/mol. The molecule has 0 aliphatic carbocycles. The van der Waals surface area contributed by atoms with Gasteiger partial charge in [0.05, 0.1) is 31.7 Å². The summed E-state index contributed by atoms with van der Waals surface area (Å²) in [7, 11) is 0. The summed E-state index contributed by atoms with van der Waals surface area (Å²) in [6.45, 7) is 4.27. The first kappa shape index (κ1) is 16.0. The monoisotopic (exact) mass is 304 g/mol. The smallest absolute Gasteiger partial charge is 0.343 e. The van der Waals surface area contributed by atoms with Gasteiger partial charge in [0.2, 0.25) is 0 Å². The van der Waals surface area contributed by atoms with Gasteiger partial charge in [0.25, 0.3) is 0 Å². The zero-order valence-corrected chi connectivity index (χ0v) is 12.5. The van der Waals surface area contributed by atoms with Gasteiger partial charge in [0.1, 0.15) is 11.4 Å². The topological polar surface area (TPSA) is 87.5 Å². The van der Waals surface area contributed by atoms with E-state index < -0.39 is 5.97 Å². The SMILES string of the molecule is CCOC(=O)/C(=C/Nc1cccnc1)C(=N)N1CCOCC1. The fraction of sp³-hybridized carbons (Fsp3) is 0.400. The van der Waals surface area contributed by atoms with Crippen molar-refractivity contribution in [1.82, 2.24) is 9.88 Å². The average Bonchev–Trinajstić information content (AvgIpc) is 2.57. The van der Waals surface area contributed by atoms with Crippen molar-refractivity contribution in [2.24, 2.45) is 0 Å². The Morgan fingerprint density at radius 2 is 2.32 bits per heavy atom. The molecule has 0 bridgehead atoms. The molecule has 1 aromatic heterocycles. The second-order valence-electron chi connectivity index (χ2n) is 4.61. The summed E-state index contributed by atoms with van der Waals surface area (Å²) in [4.78, 5) is 17.9. The van der Waals surface area contributed by atoms with Gasteiger partial charge < -0.3 is 19.7 Å². The van der Waals surface area contributed by atoms with Crippen LogP contribution in [0.25, 0.3) is 0 Å². The maximum Gasteiger partial charge on any atom is 0.343 e. The van der Waals surface area contributed by atoms with Crippen LogP contribution in [0.15, 0.2) is 36.3 Å². The molecule has 0 radical (unpaired) electrons. The lowest BCUT2D eigenvalue weighted by Gasteiger charge is -2.29. The van der Waals surface area contributed by atoms with E-state index in [0.29, 0.717) is 26.3 Å². The maximum absolute atomic E-state index is 12.1. The van der Waals surface area contributed by atoms with Crippen molar-refractivity contribution in [1.29, 1.82) is 5.41 Å². The van der Waals surface area contributed by atoms with E-state index in [9.17, 15) is 4.79 Å². The Labute approximate surface area is 129 Å². The molecule has 1 aliphatic heterocycles. The number of nitrogens with zero attached hydrogens (tertiary/aromatic N) is 2. The number of hydrogen-bond donors (Lipinski definition) is 2. The summed E-state index contributed by atoms with van der Waals surface area (Å²) < 4.78 is 10.3. The van der Waals surface area contributed by atoms with E-state index in [1.165, 1.54) is 6.20 Å². The molecule has 2 heterocycles. The summed E-state index contributed by atoms with van der Waals surface area (Å²) in [6, 6.07) is 3.61. The first-order valence-electron chi connectivity index (χ1n) is 7.18. The van der Waals surface area contributed by atoms with Crippen LogP contribution in [0.2, 0.25) is 0 Å². The van der Waals surface area contributed by atoms with Gasteiger partial charge in [-0.15, -0.1) is 0 Å². The zero-order valence-electron chi connectivity index (χ0n) is 12.5. The summed E-state index contributed by atoms with van der Waals surface area (Å²) in [5.41, 5.74) is 0.923. The van der Waals surface area contributed by atoms with E-state index in [1.54, 1.807) is 30.3 Å². The van der Waals surface area contributed by atoms with Crippen molar-refractivity contribution in [3.05, 3.63) is 36.3 Å². The van der Waals surface area contributed by atoms with Gasteiger partial charge >= 0.3 is 5.97 Å². The predicted octanol–water partition coefficient (Wildman–Crippen LogP) is 1.25. The largest absolute Gasteiger partial charge is 0.462 e. The van der Waals surface area contributed by atoms with Crippen LogP contribution >= 0.6 is 0 Å². The van der Waals surface area contributed by atoms with E-state index in [2.05, 4.69) is 10.3 Å². The lowest BCUT2D eigenvalue weighted by Crippen LogP contribution is -2.42. The van der Waals surface area contributed by atoms with Crippen molar-refractivity contribution in [3.63, 3.8) is 0 Å². The molecule has 0 aromatic carbocycles. The molecule has 0 amide bonds. The molecule has 0 spiro atoms. The van der Waals surface area contributed by atoms with Crippen LogP contribution in [-0.4, -0.2) is 54.6 Å². The van der Waals surface area contributed by atoms with Crippen LogP contribution in [-0.2, 0) is 14.3 Å². The number of pyridine rings is 1. The summed E-state index contributed by atoms with van der Waals surface area (Å²) in [5.74, 6) is -0.381. The molecule has 7 nitrogen and oxygen atoms in total. The second kappa shape index (κ2) is 8.14. The quantitative estimate of drug-likeness (QED) is 0.368. The molecule has 7 heteroatoms. The molecule has 0 atom stereocenters. The Morgan fingerprint density at radius 1 is 1.55 bits per heavy atom. The van der Waals surface area contributed by atoms with Gasteiger partial charge in [-0.2, -0.15) is 0 Å². The number of carbonyl (C=O) groups is 1. The number of hydrogen-bond acceptors (Lipinski definition) is 6. The number of carbonyl (C=O) groups excluding carboxylic acids is 1. The van der Waals surface area contributed by atoms with Crippen molar-refractivity contribution in [2.45, 2.75) is 6.92 Å². The third-order valence-electron chi connectivity index (χ3n) is 3.12. The van der Waals surface area contributed by atoms with Gasteiger partial charge in [-0.05, 0) is 19.1 Å². The van der Waals surface area contributed by atoms with E-state index in [4.69, 9.17) is 14.9 Å². The molecule has 0 saturated carbocycles. The number of ether oxygens (including phenoxy) is 2. The normalized spacial score (nSPS) is 15.3. The van der Waals surface area contributed by atoms with Gasteiger partial charge in [-0.25, -0.2) is 4.79 Å². The second-order valence-corrected chi connectivity index (χ2v) is 4.61. The zero-order chi connectivity index (χ0) is 15.8. The van der Waals surface area contributed by atoms with Gasteiger partial charge in [-0.1, -0.05) is 0 Å². The molecule has 118 valence electrons. The number of esters is 1. The number of rotatable bonds is 5. The average molecular weight is 304 g/mol. The third-order valence-corrected chi connectivity index (χ3v) is 3.12. The van der Waals surface area contributed by atoms with Gasteiger partial charge in [0.15, 0.2) is 0 Å². The van der Waals surface area contributed by atoms with Crippen LogP contribution in [0.4, 0.5) is 5.69 Å². The fourth-order valence-corrected chi connectivity index (χ4v) is 1.99. The number of morpholine rings is 1. The molecule has 1 aromatic rings. The van der Waals surface area contributed by atoms with E-state index in [1.807, 2.05) is 6.07 Å². The molecule has 2 rings (SSSR count). The van der Waals surface area contributed by atoms with Crippen molar-refractivity contribution >= 4 is 17.5 Å². The van der Waals surface area contributed by atoms with E-state index in [-0.39, 0.29) is 18.0 Å². The minimum Gasteiger partial charge on any atom is -0.462 e. The molecular formula is C15H20N4O3. The number of aromatic nitrogens is 1. The lowest BCUT2D eigenvalue weighted by atomic mass is 10.2. The molecule has 1 fully saturated rings. The van der Waals surface area contributed by atoms with Crippen LogP contribution in [0.1, 0.15) is 6.92 Å². The summed E-state index contributed by atoms with van der Waals surface area (Å²) in [6.07, 6.45) is 4.79. The first-order valence-corrected chi connectivity index (χ1v) is 7.18. The fourth-order valence-electron chi connectivity index (χ4n) is 1.99. The molecule has 22 heavy (non-hydrogen) atoms. The Hall–Kier alpha value is -2.41. The van der Waals surface area contributed by atoms with Crippen molar-refractivity contribution in [3.8, 4) is 0 Å². The van der Waals surface area contributed by atoms with Crippen LogP contribution < -0.4 is 5.32 Å². The Balaban J connectivity index is 2.14. The van der Waals surface area contributed by atoms with E-state index in [0.717, 1.165) is 5.69 Å². The van der Waals surface area contributed by atoms with Gasteiger partial charge in [0, 0.05) is 25.5 Å². The number of nitrogens with one attached hydrogen (secondary N) is 2. The van der Waals surface area contributed by atoms with Crippen molar-refractivity contribution < 1.29 is 14.3 Å². The summed E-state index contributed by atoms with van der Waals surface area (Å²) in [5, 5.41) is 11.2. The Morgan fingerprint density at radius 3 is 2.95 bits per heavy atom. The first-order chi connectivity index (χ1) is 10.7. The molecule has 1 saturated heterocycles. The molecule has 1 aliphatic rings. The maximum atomic E-state index is 12.1. The number of amidine groups is 1. The highest BCUT2D eigenvalue weighted by molar-refractivity contribution is 6.17. The highest BCUT2D eigenvalue weighted by Gasteiger charge is 2.23. The van der Waals surface area contributed by atoms with Crippen molar-refractivity contribution in [2.75, 3.05) is 38.2 Å². The molecular weight excluding hydrogens is 284 g/mol. The minimum absolute atomic E-state index is 0.137. The van der Waals surface area contributed by atoms with Crippen LogP contribution in [0.3, 0.4) is 0 Å². The third kappa shape index (κ3) is 4.29. The van der Waals surface area contributed by atoms with Gasteiger partial charge in [-0.3, -0.25) is 10.4 Å². The van der Waals surface area contributed by atoms with Crippen LogP contribution in [0.5, 0.6) is 0 Å². The summed E-state index contributed by atoms with van der Waals surface area (Å²) >= 11 is 0.